The van der Waals surface area contributed by atoms with Crippen molar-refractivity contribution in [3.63, 3.8) is 0 Å². The molecule has 0 saturated heterocycles. The Bertz CT molecular complexity index is 1380. The van der Waals surface area contributed by atoms with Gasteiger partial charge >= 0.3 is 0 Å². The third kappa shape index (κ3) is 10.5. The second-order valence-electron chi connectivity index (χ2n) is 9.78. The van der Waals surface area contributed by atoms with Gasteiger partial charge in [-0.2, -0.15) is 10.5 Å². The Morgan fingerprint density at radius 1 is 0.837 bits per heavy atom. The van der Waals surface area contributed by atoms with Gasteiger partial charge in [0, 0.05) is 25.4 Å². The molecular weight excluding hydrogens is 562 g/mol. The number of aryl methyl sites for hydroxylation is 1. The topological polar surface area (TPSA) is 112 Å². The number of ether oxygens (including phenoxy) is 4. The maximum atomic E-state index is 9.50. The van der Waals surface area contributed by atoms with E-state index in [0.717, 1.165) is 36.4 Å². The number of anilines is 1. The molecule has 0 aliphatic carbocycles. The van der Waals surface area contributed by atoms with Crippen molar-refractivity contribution in [1.29, 1.82) is 10.5 Å². The van der Waals surface area contributed by atoms with Gasteiger partial charge in [0.25, 0.3) is 0 Å². The van der Waals surface area contributed by atoms with E-state index in [4.69, 9.17) is 18.9 Å². The van der Waals surface area contributed by atoms with Crippen LogP contribution < -0.4 is 4.90 Å². The molecule has 0 saturated carbocycles. The Labute approximate surface area is 259 Å². The van der Waals surface area contributed by atoms with Crippen LogP contribution in [0.15, 0.2) is 58.8 Å². The highest BCUT2D eigenvalue weighted by Crippen LogP contribution is 2.36. The summed E-state index contributed by atoms with van der Waals surface area (Å²) in [6.45, 7) is 13.4. The molecule has 1 atom stereocenters. The first-order valence-electron chi connectivity index (χ1n) is 14.6. The molecule has 0 spiro atoms. The van der Waals surface area contributed by atoms with E-state index in [1.165, 1.54) is 11.3 Å². The van der Waals surface area contributed by atoms with Gasteiger partial charge in [-0.25, -0.2) is 0 Å². The number of azo groups is 1. The molecule has 0 aliphatic heterocycles. The highest BCUT2D eigenvalue weighted by molar-refractivity contribution is 7.16. The van der Waals surface area contributed by atoms with Crippen molar-refractivity contribution in [2.24, 2.45) is 10.2 Å². The van der Waals surface area contributed by atoms with Gasteiger partial charge in [0.2, 0.25) is 0 Å². The summed E-state index contributed by atoms with van der Waals surface area (Å²) in [5.41, 5.74) is 4.87. The van der Waals surface area contributed by atoms with Crippen LogP contribution in [0.2, 0.25) is 0 Å². The minimum absolute atomic E-state index is 0.141. The molecule has 0 radical (unpaired) electrons. The van der Waals surface area contributed by atoms with Crippen molar-refractivity contribution in [2.45, 2.75) is 40.2 Å². The lowest BCUT2D eigenvalue weighted by Gasteiger charge is -2.29. The molecule has 9 nitrogen and oxygen atoms in total. The minimum Gasteiger partial charge on any atom is -0.379 e. The van der Waals surface area contributed by atoms with Crippen LogP contribution in [0.5, 0.6) is 0 Å². The van der Waals surface area contributed by atoms with Crippen molar-refractivity contribution < 1.29 is 18.9 Å². The molecule has 43 heavy (non-hydrogen) atoms. The van der Waals surface area contributed by atoms with Crippen molar-refractivity contribution in [3.8, 4) is 12.1 Å². The minimum atomic E-state index is -0.141. The molecule has 0 amide bonds. The Kier molecular flexibility index (Phi) is 14.8. The number of hydrogen-bond acceptors (Lipinski definition) is 10. The predicted octanol–water partition coefficient (Wildman–Crippen LogP) is 7.57. The van der Waals surface area contributed by atoms with Gasteiger partial charge < -0.3 is 23.8 Å². The summed E-state index contributed by atoms with van der Waals surface area (Å²) in [5, 5.41) is 28.0. The first-order chi connectivity index (χ1) is 21.0. The molecular formula is C33H41N5O4S. The van der Waals surface area contributed by atoms with Gasteiger partial charge in [0.1, 0.15) is 23.1 Å². The summed E-state index contributed by atoms with van der Waals surface area (Å²) < 4.78 is 23.0. The standard InChI is InChI=1S/C33H41N5O4S/c1-5-14-39-15-16-40-17-18-41-19-20-42-31(27-10-8-7-9-11-27)24-38(6-2)28-12-13-30(25(3)21-28)36-37-33-29(22-34)26(4)32(23-35)43-33/h7-13,21,31H,5-6,14-20,24H2,1-4H3/b37-36+. The van der Waals surface area contributed by atoms with Crippen LogP contribution in [0.4, 0.5) is 16.4 Å². The summed E-state index contributed by atoms with van der Waals surface area (Å²) in [7, 11) is 0. The van der Waals surface area contributed by atoms with Gasteiger partial charge in [-0.05, 0) is 62.1 Å². The maximum Gasteiger partial charge on any atom is 0.158 e. The number of nitrogens with zero attached hydrogens (tertiary/aromatic N) is 5. The Hall–Kier alpha value is -3.64. The molecule has 10 heteroatoms. The highest BCUT2D eigenvalue weighted by atomic mass is 32.1. The lowest BCUT2D eigenvalue weighted by Crippen LogP contribution is -2.30. The fourth-order valence-electron chi connectivity index (χ4n) is 4.33. The fraction of sp³-hybridized carbons (Fsp3) is 0.455. The summed E-state index contributed by atoms with van der Waals surface area (Å²) in [5.74, 6) is 0. The van der Waals surface area contributed by atoms with E-state index < -0.39 is 0 Å². The lowest BCUT2D eigenvalue weighted by molar-refractivity contribution is -0.0177. The lowest BCUT2D eigenvalue weighted by atomic mass is 10.1. The number of thiophene rings is 1. The Morgan fingerprint density at radius 2 is 1.51 bits per heavy atom. The third-order valence-corrected chi connectivity index (χ3v) is 7.79. The van der Waals surface area contributed by atoms with E-state index in [0.29, 0.717) is 72.9 Å². The fourth-order valence-corrected chi connectivity index (χ4v) is 5.21. The van der Waals surface area contributed by atoms with E-state index in [1.54, 1.807) is 6.92 Å². The summed E-state index contributed by atoms with van der Waals surface area (Å²) in [6.07, 6.45) is 0.868. The zero-order valence-electron chi connectivity index (χ0n) is 25.5. The zero-order chi connectivity index (χ0) is 30.9. The molecule has 1 unspecified atom stereocenters. The van der Waals surface area contributed by atoms with E-state index >= 15 is 0 Å². The molecule has 0 aliphatic rings. The summed E-state index contributed by atoms with van der Waals surface area (Å²) in [4.78, 5) is 2.76. The van der Waals surface area contributed by atoms with Crippen LogP contribution in [0.25, 0.3) is 0 Å². The van der Waals surface area contributed by atoms with Crippen LogP contribution >= 0.6 is 11.3 Å². The third-order valence-electron chi connectivity index (χ3n) is 6.71. The number of likely N-dealkylation sites (N-methyl/N-ethyl adjacent to an activating group) is 1. The second-order valence-corrected chi connectivity index (χ2v) is 10.8. The SMILES string of the molecule is CCCOCCOCCOCCOC(CN(CC)c1ccc(/N=N/c2sc(C#N)c(C)c2C#N)c(C)c1)c1ccccc1. The van der Waals surface area contributed by atoms with Gasteiger partial charge in [-0.1, -0.05) is 37.3 Å². The van der Waals surface area contributed by atoms with Crippen LogP contribution in [0, 0.1) is 36.5 Å². The zero-order valence-corrected chi connectivity index (χ0v) is 26.4. The van der Waals surface area contributed by atoms with E-state index in [9.17, 15) is 10.5 Å². The van der Waals surface area contributed by atoms with Crippen LogP contribution in [-0.2, 0) is 18.9 Å². The normalized spacial score (nSPS) is 11.9. The molecule has 2 aromatic carbocycles. The van der Waals surface area contributed by atoms with Crippen molar-refractivity contribution in [1.82, 2.24) is 0 Å². The Balaban J connectivity index is 1.60. The second kappa shape index (κ2) is 18.8. The van der Waals surface area contributed by atoms with E-state index in [2.05, 4.69) is 59.3 Å². The Morgan fingerprint density at radius 3 is 2.12 bits per heavy atom. The van der Waals surface area contributed by atoms with Gasteiger partial charge in [0.15, 0.2) is 5.00 Å². The average Bonchev–Trinajstić information content (AvgIpc) is 3.35. The molecule has 0 fully saturated rings. The number of benzene rings is 2. The van der Waals surface area contributed by atoms with Gasteiger partial charge in [-0.3, -0.25) is 0 Å². The van der Waals surface area contributed by atoms with Crippen molar-refractivity contribution >= 4 is 27.7 Å². The van der Waals surface area contributed by atoms with E-state index in [1.807, 2.05) is 37.3 Å². The number of hydrogen-bond donors (Lipinski definition) is 0. The largest absolute Gasteiger partial charge is 0.379 e. The van der Waals surface area contributed by atoms with Gasteiger partial charge in [-0.15, -0.1) is 21.6 Å². The molecule has 1 heterocycles. The predicted molar refractivity (Wildman–Crippen MR) is 170 cm³/mol. The monoisotopic (exact) mass is 603 g/mol. The highest BCUT2D eigenvalue weighted by Gasteiger charge is 2.18. The molecule has 0 bridgehead atoms. The van der Waals surface area contributed by atoms with Crippen LogP contribution in [0.3, 0.4) is 0 Å². The van der Waals surface area contributed by atoms with Crippen LogP contribution in [0.1, 0.15) is 53.5 Å². The van der Waals surface area contributed by atoms with Crippen molar-refractivity contribution in [2.75, 3.05) is 64.2 Å². The summed E-state index contributed by atoms with van der Waals surface area (Å²) >= 11 is 1.18. The van der Waals surface area contributed by atoms with Gasteiger partial charge in [0.05, 0.1) is 50.9 Å². The molecule has 3 aromatic rings. The van der Waals surface area contributed by atoms with Crippen LogP contribution in [-0.4, -0.2) is 59.3 Å². The molecule has 0 N–H and O–H groups in total. The van der Waals surface area contributed by atoms with Crippen molar-refractivity contribution in [3.05, 3.63) is 75.7 Å². The average molecular weight is 604 g/mol. The smallest absolute Gasteiger partial charge is 0.158 e. The number of nitriles is 2. The molecule has 1 aromatic heterocycles. The van der Waals surface area contributed by atoms with E-state index in [-0.39, 0.29) is 6.10 Å². The maximum absolute atomic E-state index is 9.50. The molecule has 3 rings (SSSR count). The summed E-state index contributed by atoms with van der Waals surface area (Å²) in [6, 6.07) is 20.5. The first-order valence-corrected chi connectivity index (χ1v) is 15.4. The first kappa shape index (κ1) is 33.9. The number of rotatable bonds is 19. The molecule has 228 valence electrons. The quantitative estimate of drug-likeness (QED) is 0.103.